The van der Waals surface area contributed by atoms with Crippen LogP contribution in [0, 0.1) is 0 Å². The standard InChI is InChI=1S/C23H18N2O2/c26-20(15-16-9-3-1-4-10-16)25-22-21(17-11-5-2-6-12-17)18-13-7-8-14-19(18)24-23(22)27/h1-14H,15H2,(H,24,27)(H,25,26). The fraction of sp³-hybridized carbons (Fsp3) is 0.0435. The van der Waals surface area contributed by atoms with Crippen molar-refractivity contribution < 1.29 is 4.79 Å². The molecule has 0 unspecified atom stereocenters. The predicted molar refractivity (Wildman–Crippen MR) is 109 cm³/mol. The number of para-hydroxylation sites is 1. The summed E-state index contributed by atoms with van der Waals surface area (Å²) in [5.74, 6) is -0.223. The van der Waals surface area contributed by atoms with Gasteiger partial charge in [0.2, 0.25) is 5.91 Å². The van der Waals surface area contributed by atoms with E-state index in [-0.39, 0.29) is 23.6 Å². The minimum absolute atomic E-state index is 0.210. The molecule has 3 aromatic carbocycles. The topological polar surface area (TPSA) is 62.0 Å². The van der Waals surface area contributed by atoms with Crippen LogP contribution in [0.1, 0.15) is 5.56 Å². The summed E-state index contributed by atoms with van der Waals surface area (Å²) >= 11 is 0. The van der Waals surface area contributed by atoms with Gasteiger partial charge in [-0.1, -0.05) is 78.9 Å². The Morgan fingerprint density at radius 2 is 1.44 bits per heavy atom. The van der Waals surface area contributed by atoms with Crippen molar-refractivity contribution in [2.75, 3.05) is 5.32 Å². The van der Waals surface area contributed by atoms with Gasteiger partial charge in [0.25, 0.3) is 5.56 Å². The predicted octanol–water partition coefficient (Wildman–Crippen LogP) is 4.38. The van der Waals surface area contributed by atoms with Crippen molar-refractivity contribution in [1.82, 2.24) is 4.98 Å². The first-order chi connectivity index (χ1) is 13.2. The van der Waals surface area contributed by atoms with Gasteiger partial charge < -0.3 is 10.3 Å². The molecule has 27 heavy (non-hydrogen) atoms. The number of benzene rings is 3. The Morgan fingerprint density at radius 3 is 2.19 bits per heavy atom. The highest BCUT2D eigenvalue weighted by atomic mass is 16.2. The van der Waals surface area contributed by atoms with Crippen LogP contribution in [0.3, 0.4) is 0 Å². The number of aromatic amines is 1. The van der Waals surface area contributed by atoms with Crippen LogP contribution in [-0.4, -0.2) is 10.9 Å². The van der Waals surface area contributed by atoms with Crippen molar-refractivity contribution in [3.8, 4) is 11.1 Å². The summed E-state index contributed by atoms with van der Waals surface area (Å²) in [4.78, 5) is 28.2. The van der Waals surface area contributed by atoms with E-state index >= 15 is 0 Å². The summed E-state index contributed by atoms with van der Waals surface area (Å²) in [5, 5.41) is 3.72. The van der Waals surface area contributed by atoms with Crippen molar-refractivity contribution in [3.05, 3.63) is 101 Å². The first-order valence-electron chi connectivity index (χ1n) is 8.76. The number of nitrogens with one attached hydrogen (secondary N) is 2. The number of hydrogen-bond donors (Lipinski definition) is 2. The molecule has 0 spiro atoms. The molecule has 0 fully saturated rings. The van der Waals surface area contributed by atoms with Gasteiger partial charge in [-0.15, -0.1) is 0 Å². The smallest absolute Gasteiger partial charge is 0.272 e. The fourth-order valence-electron chi connectivity index (χ4n) is 3.23. The van der Waals surface area contributed by atoms with Crippen LogP contribution in [0.25, 0.3) is 22.0 Å². The molecule has 1 aromatic heterocycles. The van der Waals surface area contributed by atoms with Gasteiger partial charge in [-0.3, -0.25) is 9.59 Å². The minimum Gasteiger partial charge on any atom is -0.321 e. The fourth-order valence-corrected chi connectivity index (χ4v) is 3.23. The average Bonchev–Trinajstić information content (AvgIpc) is 2.70. The maximum absolute atomic E-state index is 12.7. The van der Waals surface area contributed by atoms with Crippen LogP contribution >= 0.6 is 0 Å². The van der Waals surface area contributed by atoms with E-state index in [2.05, 4.69) is 10.3 Å². The number of H-pyrrole nitrogens is 1. The molecule has 0 bridgehead atoms. The first kappa shape index (κ1) is 16.8. The zero-order chi connectivity index (χ0) is 18.6. The number of carbonyl (C=O) groups is 1. The van der Waals surface area contributed by atoms with Crippen molar-refractivity contribution in [2.45, 2.75) is 6.42 Å². The molecule has 0 atom stereocenters. The Bertz CT molecular complexity index is 1150. The molecule has 0 saturated heterocycles. The average molecular weight is 354 g/mol. The zero-order valence-corrected chi connectivity index (χ0v) is 14.6. The minimum atomic E-state index is -0.311. The summed E-state index contributed by atoms with van der Waals surface area (Å²) in [5.41, 5.74) is 3.22. The summed E-state index contributed by atoms with van der Waals surface area (Å²) < 4.78 is 0. The summed E-state index contributed by atoms with van der Waals surface area (Å²) in [7, 11) is 0. The quantitative estimate of drug-likeness (QED) is 0.571. The summed E-state index contributed by atoms with van der Waals surface area (Å²) in [6.07, 6.45) is 0.210. The van der Waals surface area contributed by atoms with E-state index in [0.717, 1.165) is 27.6 Å². The van der Waals surface area contributed by atoms with E-state index in [4.69, 9.17) is 0 Å². The molecular formula is C23H18N2O2. The third-order valence-corrected chi connectivity index (χ3v) is 4.46. The Hall–Kier alpha value is -3.66. The lowest BCUT2D eigenvalue weighted by atomic mass is 9.99. The molecule has 0 aliphatic heterocycles. The van der Waals surface area contributed by atoms with Crippen LogP contribution < -0.4 is 10.9 Å². The number of pyridine rings is 1. The van der Waals surface area contributed by atoms with Gasteiger partial charge in [-0.25, -0.2) is 0 Å². The highest BCUT2D eigenvalue weighted by Crippen LogP contribution is 2.32. The SMILES string of the molecule is O=C(Cc1ccccc1)Nc1c(-c2ccccc2)c2ccccc2[nH]c1=O. The van der Waals surface area contributed by atoms with E-state index in [9.17, 15) is 9.59 Å². The molecule has 1 heterocycles. The van der Waals surface area contributed by atoms with Gasteiger partial charge in [0.15, 0.2) is 0 Å². The number of rotatable bonds is 4. The lowest BCUT2D eigenvalue weighted by Gasteiger charge is -2.14. The van der Waals surface area contributed by atoms with Crippen LogP contribution in [0.5, 0.6) is 0 Å². The lowest BCUT2D eigenvalue weighted by molar-refractivity contribution is -0.115. The number of anilines is 1. The number of carbonyl (C=O) groups excluding carboxylic acids is 1. The third-order valence-electron chi connectivity index (χ3n) is 4.46. The van der Waals surface area contributed by atoms with E-state index in [1.54, 1.807) is 0 Å². The van der Waals surface area contributed by atoms with Crippen LogP contribution in [0.2, 0.25) is 0 Å². The molecule has 1 amide bonds. The maximum atomic E-state index is 12.7. The maximum Gasteiger partial charge on any atom is 0.272 e. The number of aromatic nitrogens is 1. The third kappa shape index (κ3) is 3.51. The van der Waals surface area contributed by atoms with Gasteiger partial charge >= 0.3 is 0 Å². The summed E-state index contributed by atoms with van der Waals surface area (Å²) in [6, 6.07) is 26.7. The lowest BCUT2D eigenvalue weighted by Crippen LogP contribution is -2.22. The monoisotopic (exact) mass is 354 g/mol. The number of hydrogen-bond acceptors (Lipinski definition) is 2. The molecule has 4 heteroatoms. The van der Waals surface area contributed by atoms with E-state index in [1.807, 2.05) is 84.9 Å². The second-order valence-electron chi connectivity index (χ2n) is 6.33. The van der Waals surface area contributed by atoms with Crippen LogP contribution in [0.4, 0.5) is 5.69 Å². The Balaban J connectivity index is 1.81. The molecule has 0 radical (unpaired) electrons. The van der Waals surface area contributed by atoms with Crippen molar-refractivity contribution in [2.24, 2.45) is 0 Å². The molecule has 2 N–H and O–H groups in total. The van der Waals surface area contributed by atoms with Gasteiger partial charge in [-0.2, -0.15) is 0 Å². The van der Waals surface area contributed by atoms with E-state index in [1.165, 1.54) is 0 Å². The summed E-state index contributed by atoms with van der Waals surface area (Å²) in [6.45, 7) is 0. The van der Waals surface area contributed by atoms with Gasteiger partial charge in [0.05, 0.1) is 6.42 Å². The second kappa shape index (κ2) is 7.30. The molecular weight excluding hydrogens is 336 g/mol. The second-order valence-corrected chi connectivity index (χ2v) is 6.33. The molecule has 4 aromatic rings. The number of amides is 1. The highest BCUT2D eigenvalue weighted by molar-refractivity contribution is 6.05. The van der Waals surface area contributed by atoms with E-state index in [0.29, 0.717) is 0 Å². The van der Waals surface area contributed by atoms with Crippen LogP contribution in [0.15, 0.2) is 89.7 Å². The van der Waals surface area contributed by atoms with Gasteiger partial charge in [-0.05, 0) is 17.2 Å². The highest BCUT2D eigenvalue weighted by Gasteiger charge is 2.16. The van der Waals surface area contributed by atoms with E-state index < -0.39 is 0 Å². The Kier molecular flexibility index (Phi) is 4.54. The molecule has 4 nitrogen and oxygen atoms in total. The molecule has 132 valence electrons. The molecule has 4 rings (SSSR count). The Morgan fingerprint density at radius 1 is 0.815 bits per heavy atom. The van der Waals surface area contributed by atoms with Gasteiger partial charge in [0.1, 0.15) is 5.69 Å². The Labute approximate surface area is 156 Å². The van der Waals surface area contributed by atoms with Crippen molar-refractivity contribution in [3.63, 3.8) is 0 Å². The van der Waals surface area contributed by atoms with Crippen molar-refractivity contribution in [1.29, 1.82) is 0 Å². The van der Waals surface area contributed by atoms with Crippen LogP contribution in [-0.2, 0) is 11.2 Å². The largest absolute Gasteiger partial charge is 0.321 e. The molecule has 0 aliphatic rings. The molecule has 0 saturated carbocycles. The van der Waals surface area contributed by atoms with Gasteiger partial charge in [0, 0.05) is 16.5 Å². The normalized spacial score (nSPS) is 10.7. The van der Waals surface area contributed by atoms with Crippen molar-refractivity contribution >= 4 is 22.5 Å². The zero-order valence-electron chi connectivity index (χ0n) is 14.6. The number of fused-ring (bicyclic) bond motifs is 1. The first-order valence-corrected chi connectivity index (χ1v) is 8.76. The molecule has 0 aliphatic carbocycles.